The van der Waals surface area contributed by atoms with Crippen LogP contribution in [0.4, 0.5) is 5.82 Å². The molecule has 3 aromatic rings. The summed E-state index contributed by atoms with van der Waals surface area (Å²) >= 11 is 0. The summed E-state index contributed by atoms with van der Waals surface area (Å²) in [6.07, 6.45) is 2.49. The van der Waals surface area contributed by atoms with Crippen molar-refractivity contribution < 1.29 is 19.0 Å². The number of methoxy groups -OCH3 is 1. The first-order valence-corrected chi connectivity index (χ1v) is 10.4. The Bertz CT molecular complexity index is 1000. The van der Waals surface area contributed by atoms with Crippen LogP contribution < -0.4 is 5.73 Å². The number of ether oxygens (including phenoxy) is 3. The van der Waals surface area contributed by atoms with Crippen LogP contribution in [-0.4, -0.2) is 53.5 Å². The Morgan fingerprint density at radius 2 is 1.87 bits per heavy atom. The van der Waals surface area contributed by atoms with Crippen LogP contribution >= 0.6 is 0 Å². The van der Waals surface area contributed by atoms with E-state index in [0.717, 1.165) is 31.4 Å². The van der Waals surface area contributed by atoms with Crippen molar-refractivity contribution in [3.05, 3.63) is 29.8 Å². The number of aryl methyl sites for hydroxylation is 1. The number of nitrogens with two attached hydrogens (primary N) is 1. The van der Waals surface area contributed by atoms with Crippen LogP contribution in [0.1, 0.15) is 43.5 Å². The molecule has 8 nitrogen and oxygen atoms in total. The lowest BCUT2D eigenvalue weighted by molar-refractivity contribution is 0.0123. The fraction of sp³-hybridized carbons (Fsp3) is 0.500. The van der Waals surface area contributed by atoms with Gasteiger partial charge < -0.3 is 24.5 Å². The molecule has 0 spiro atoms. The van der Waals surface area contributed by atoms with Gasteiger partial charge in [0.05, 0.1) is 17.6 Å². The van der Waals surface area contributed by atoms with Gasteiger partial charge in [0.2, 0.25) is 0 Å². The molecule has 2 N–H and O–H groups in total. The van der Waals surface area contributed by atoms with Crippen LogP contribution in [-0.2, 0) is 20.8 Å². The zero-order valence-corrected chi connectivity index (χ0v) is 17.9. The van der Waals surface area contributed by atoms with Crippen LogP contribution in [0.3, 0.4) is 0 Å². The van der Waals surface area contributed by atoms with Gasteiger partial charge in [-0.2, -0.15) is 0 Å². The number of nitrogen functional groups attached to an aromatic ring is 1. The van der Waals surface area contributed by atoms with Crippen molar-refractivity contribution in [1.29, 1.82) is 0 Å². The quantitative estimate of drug-likeness (QED) is 0.378. The number of nitrogens with zero attached hydrogens (tertiary/aromatic N) is 3. The minimum absolute atomic E-state index is 0.248. The van der Waals surface area contributed by atoms with Gasteiger partial charge in [-0.05, 0) is 31.9 Å². The van der Waals surface area contributed by atoms with Gasteiger partial charge in [-0.3, -0.25) is 0 Å². The number of anilines is 1. The summed E-state index contributed by atoms with van der Waals surface area (Å²) in [5.41, 5.74) is 9.12. The second-order valence-electron chi connectivity index (χ2n) is 7.29. The molecule has 1 aromatic carbocycles. The highest BCUT2D eigenvalue weighted by Gasteiger charge is 2.26. The summed E-state index contributed by atoms with van der Waals surface area (Å²) in [5.74, 6) is -0.215. The van der Waals surface area contributed by atoms with Crippen molar-refractivity contribution in [1.82, 2.24) is 14.5 Å². The minimum atomic E-state index is -0.524. The lowest BCUT2D eigenvalue weighted by atomic mass is 10.2. The van der Waals surface area contributed by atoms with Crippen LogP contribution in [0.25, 0.3) is 22.2 Å². The highest BCUT2D eigenvalue weighted by atomic mass is 16.6. The molecule has 0 saturated heterocycles. The molecule has 0 fully saturated rings. The normalized spacial score (nSPS) is 12.5. The molecule has 0 bridgehead atoms. The number of unbranched alkanes of at least 4 members (excludes halogenated alkanes) is 1. The Kier molecular flexibility index (Phi) is 7.59. The van der Waals surface area contributed by atoms with Gasteiger partial charge >= 0.3 is 5.97 Å². The van der Waals surface area contributed by atoms with Crippen LogP contribution in [0.2, 0.25) is 0 Å². The van der Waals surface area contributed by atoms with E-state index in [9.17, 15) is 4.79 Å². The van der Waals surface area contributed by atoms with E-state index < -0.39 is 12.1 Å². The standard InChI is InChI=1S/C22H30N4O4/c1-4-5-12-29-13-8-11-26-20(23)18(22(27)30-15(2)14-28-3)19-21(26)25-17-10-7-6-9-16(17)24-19/h6-7,9-10,15H,4-5,8,11-14,23H2,1-3H3/t15-/m1/s1. The van der Waals surface area contributed by atoms with Crippen LogP contribution in [0.5, 0.6) is 0 Å². The Hall–Kier alpha value is -2.71. The van der Waals surface area contributed by atoms with E-state index in [1.807, 2.05) is 28.8 Å². The molecule has 0 aliphatic rings. The summed E-state index contributed by atoms with van der Waals surface area (Å²) in [6.45, 7) is 6.14. The topological polar surface area (TPSA) is 101 Å². The van der Waals surface area contributed by atoms with Gasteiger partial charge in [0.25, 0.3) is 0 Å². The minimum Gasteiger partial charge on any atom is -0.456 e. The molecule has 0 aliphatic heterocycles. The molecule has 0 radical (unpaired) electrons. The fourth-order valence-corrected chi connectivity index (χ4v) is 3.33. The van der Waals surface area contributed by atoms with E-state index in [0.29, 0.717) is 42.3 Å². The molecule has 2 heterocycles. The molecule has 3 rings (SSSR count). The summed E-state index contributed by atoms with van der Waals surface area (Å²) in [5, 5.41) is 0. The number of hydrogen-bond acceptors (Lipinski definition) is 7. The predicted molar refractivity (Wildman–Crippen MR) is 117 cm³/mol. The molecule has 30 heavy (non-hydrogen) atoms. The monoisotopic (exact) mass is 414 g/mol. The smallest absolute Gasteiger partial charge is 0.344 e. The lowest BCUT2D eigenvalue weighted by Crippen LogP contribution is -2.20. The molecule has 0 unspecified atom stereocenters. The highest BCUT2D eigenvalue weighted by Crippen LogP contribution is 2.29. The first-order valence-electron chi connectivity index (χ1n) is 10.4. The second-order valence-corrected chi connectivity index (χ2v) is 7.29. The van der Waals surface area contributed by atoms with Crippen LogP contribution in [0, 0.1) is 0 Å². The molecular formula is C22H30N4O4. The number of benzene rings is 1. The number of carbonyl (C=O) groups is 1. The van der Waals surface area contributed by atoms with Crippen molar-refractivity contribution >= 4 is 34.0 Å². The third kappa shape index (κ3) is 4.88. The maximum atomic E-state index is 12.9. The zero-order chi connectivity index (χ0) is 21.5. The predicted octanol–water partition coefficient (Wildman–Crippen LogP) is 3.57. The van der Waals surface area contributed by atoms with E-state index in [1.54, 1.807) is 14.0 Å². The van der Waals surface area contributed by atoms with Crippen molar-refractivity contribution in [2.75, 3.05) is 32.7 Å². The Morgan fingerprint density at radius 1 is 1.17 bits per heavy atom. The van der Waals surface area contributed by atoms with Gasteiger partial charge in [0, 0.05) is 26.9 Å². The Morgan fingerprint density at radius 3 is 2.57 bits per heavy atom. The SMILES string of the molecule is CCCCOCCCn1c(N)c(C(=O)O[C@H](C)COC)c2nc3ccccc3nc21. The van der Waals surface area contributed by atoms with E-state index in [2.05, 4.69) is 11.9 Å². The van der Waals surface area contributed by atoms with Gasteiger partial charge in [-0.1, -0.05) is 25.5 Å². The molecule has 0 aliphatic carbocycles. The maximum absolute atomic E-state index is 12.9. The number of para-hydroxylation sites is 2. The first-order chi connectivity index (χ1) is 14.6. The summed E-state index contributed by atoms with van der Waals surface area (Å²) in [7, 11) is 1.56. The number of carbonyl (C=O) groups excluding carboxylic acids is 1. The largest absolute Gasteiger partial charge is 0.456 e. The third-order valence-corrected chi connectivity index (χ3v) is 4.82. The van der Waals surface area contributed by atoms with Crippen molar-refractivity contribution in [2.24, 2.45) is 0 Å². The number of aromatic nitrogens is 3. The molecule has 8 heteroatoms. The number of rotatable bonds is 11. The first kappa shape index (κ1) is 22.0. The molecular weight excluding hydrogens is 384 g/mol. The molecule has 0 saturated carbocycles. The molecule has 2 aromatic heterocycles. The summed E-state index contributed by atoms with van der Waals surface area (Å²) < 4.78 is 18.1. The molecule has 1 atom stereocenters. The van der Waals surface area contributed by atoms with Gasteiger partial charge in [0.1, 0.15) is 23.0 Å². The Labute approximate surface area is 176 Å². The zero-order valence-electron chi connectivity index (χ0n) is 17.9. The second kappa shape index (κ2) is 10.4. The number of esters is 1. The van der Waals surface area contributed by atoms with Crippen LogP contribution in [0.15, 0.2) is 24.3 Å². The highest BCUT2D eigenvalue weighted by molar-refractivity contribution is 6.08. The number of hydrogen-bond donors (Lipinski definition) is 1. The van der Waals surface area contributed by atoms with Crippen molar-refractivity contribution in [3.8, 4) is 0 Å². The third-order valence-electron chi connectivity index (χ3n) is 4.82. The average molecular weight is 415 g/mol. The van der Waals surface area contributed by atoms with E-state index in [4.69, 9.17) is 24.9 Å². The Balaban J connectivity index is 1.94. The molecule has 162 valence electrons. The number of fused-ring (bicyclic) bond motifs is 2. The van der Waals surface area contributed by atoms with E-state index in [-0.39, 0.29) is 5.56 Å². The van der Waals surface area contributed by atoms with E-state index >= 15 is 0 Å². The average Bonchev–Trinajstić information content (AvgIpc) is 2.99. The van der Waals surface area contributed by atoms with Gasteiger partial charge in [0.15, 0.2) is 5.65 Å². The van der Waals surface area contributed by atoms with Gasteiger partial charge in [-0.25, -0.2) is 14.8 Å². The van der Waals surface area contributed by atoms with Crippen molar-refractivity contribution in [2.45, 2.75) is 45.8 Å². The van der Waals surface area contributed by atoms with Crippen molar-refractivity contribution in [3.63, 3.8) is 0 Å². The van der Waals surface area contributed by atoms with E-state index in [1.165, 1.54) is 0 Å². The van der Waals surface area contributed by atoms with Gasteiger partial charge in [-0.15, -0.1) is 0 Å². The lowest BCUT2D eigenvalue weighted by Gasteiger charge is -2.12. The maximum Gasteiger partial charge on any atom is 0.344 e. The summed E-state index contributed by atoms with van der Waals surface area (Å²) in [4.78, 5) is 22.3. The summed E-state index contributed by atoms with van der Waals surface area (Å²) in [6, 6.07) is 7.54. The fourth-order valence-electron chi connectivity index (χ4n) is 3.33. The molecule has 0 amide bonds.